The van der Waals surface area contributed by atoms with Gasteiger partial charge in [-0.25, -0.2) is 4.98 Å². The van der Waals surface area contributed by atoms with Crippen molar-refractivity contribution in [3.63, 3.8) is 0 Å². The first-order valence-electron chi connectivity index (χ1n) is 6.29. The summed E-state index contributed by atoms with van der Waals surface area (Å²) in [6.45, 7) is 4.77. The largest absolute Gasteiger partial charge is 0.448 e. The highest BCUT2D eigenvalue weighted by molar-refractivity contribution is 5.93. The summed E-state index contributed by atoms with van der Waals surface area (Å²) >= 11 is 0. The molecule has 2 heterocycles. The molecule has 0 aliphatic carbocycles. The third-order valence-corrected chi connectivity index (χ3v) is 3.38. The van der Waals surface area contributed by atoms with Crippen LogP contribution < -0.4 is 5.73 Å². The van der Waals surface area contributed by atoms with E-state index in [0.717, 1.165) is 13.1 Å². The van der Waals surface area contributed by atoms with Crippen LogP contribution in [0.3, 0.4) is 0 Å². The van der Waals surface area contributed by atoms with E-state index in [1.54, 1.807) is 0 Å². The predicted molar refractivity (Wildman–Crippen MR) is 67.3 cm³/mol. The van der Waals surface area contributed by atoms with Crippen molar-refractivity contribution in [2.24, 2.45) is 5.73 Å². The molecule has 18 heavy (non-hydrogen) atoms. The van der Waals surface area contributed by atoms with Crippen LogP contribution in [0.15, 0.2) is 10.8 Å². The summed E-state index contributed by atoms with van der Waals surface area (Å²) in [5.41, 5.74) is 6.18. The zero-order valence-corrected chi connectivity index (χ0v) is 10.9. The van der Waals surface area contributed by atoms with Gasteiger partial charge < -0.3 is 20.0 Å². The van der Waals surface area contributed by atoms with E-state index in [1.807, 2.05) is 18.9 Å². The van der Waals surface area contributed by atoms with E-state index in [0.29, 0.717) is 31.0 Å². The number of likely N-dealkylation sites (N-methyl/N-ethyl adjacent to an activating group) is 1. The number of aromatic nitrogens is 1. The first kappa shape index (κ1) is 13.0. The average molecular weight is 252 g/mol. The first-order valence-corrected chi connectivity index (χ1v) is 6.29. The second-order valence-corrected chi connectivity index (χ2v) is 4.63. The molecule has 0 aromatic carbocycles. The Morgan fingerprint density at radius 1 is 1.61 bits per heavy atom. The van der Waals surface area contributed by atoms with Crippen LogP contribution in [-0.4, -0.2) is 60.0 Å². The maximum Gasteiger partial charge on any atom is 0.276 e. The lowest BCUT2D eigenvalue weighted by atomic mass is 10.1. The number of hydrogen-bond acceptors (Lipinski definition) is 5. The molecule has 100 valence electrons. The van der Waals surface area contributed by atoms with Gasteiger partial charge in [0.1, 0.15) is 5.76 Å². The van der Waals surface area contributed by atoms with Crippen LogP contribution in [-0.2, 0) is 6.42 Å². The van der Waals surface area contributed by atoms with Gasteiger partial charge >= 0.3 is 0 Å². The molecule has 1 aromatic rings. The lowest BCUT2D eigenvalue weighted by Crippen LogP contribution is -2.56. The number of carbonyl (C=O) groups is 1. The number of rotatable bonds is 3. The van der Waals surface area contributed by atoms with Crippen LogP contribution in [0.2, 0.25) is 0 Å². The molecule has 2 N–H and O–H groups in total. The number of nitrogens with two attached hydrogens (primary N) is 1. The van der Waals surface area contributed by atoms with Crippen LogP contribution in [0.1, 0.15) is 23.2 Å². The molecule has 1 atom stereocenters. The van der Waals surface area contributed by atoms with Crippen molar-refractivity contribution < 1.29 is 9.21 Å². The molecule has 1 amide bonds. The Bertz CT molecular complexity index is 418. The smallest absolute Gasteiger partial charge is 0.276 e. The molecular weight excluding hydrogens is 232 g/mol. The maximum atomic E-state index is 12.4. The van der Waals surface area contributed by atoms with Gasteiger partial charge in [-0.3, -0.25) is 4.79 Å². The van der Waals surface area contributed by atoms with Gasteiger partial charge in [0.15, 0.2) is 12.1 Å². The summed E-state index contributed by atoms with van der Waals surface area (Å²) in [5, 5.41) is 0. The number of nitrogens with zero attached hydrogens (tertiary/aromatic N) is 3. The SMILES string of the molecule is CCc1ocnc1C(=O)N1CCN(C)C[C@H]1CN. The Morgan fingerprint density at radius 2 is 2.39 bits per heavy atom. The summed E-state index contributed by atoms with van der Waals surface area (Å²) in [4.78, 5) is 20.5. The van der Waals surface area contributed by atoms with Crippen molar-refractivity contribution in [2.45, 2.75) is 19.4 Å². The highest BCUT2D eigenvalue weighted by Gasteiger charge is 2.31. The van der Waals surface area contributed by atoms with E-state index in [1.165, 1.54) is 6.39 Å². The average Bonchev–Trinajstić information content (AvgIpc) is 2.86. The number of amides is 1. The number of carbonyl (C=O) groups excluding carboxylic acids is 1. The number of piperazine rings is 1. The Labute approximate surface area is 107 Å². The van der Waals surface area contributed by atoms with Gasteiger partial charge in [0.2, 0.25) is 0 Å². The molecule has 0 spiro atoms. The van der Waals surface area contributed by atoms with Crippen LogP contribution >= 0.6 is 0 Å². The molecule has 1 saturated heterocycles. The highest BCUT2D eigenvalue weighted by atomic mass is 16.3. The summed E-state index contributed by atoms with van der Waals surface area (Å²) < 4.78 is 5.22. The van der Waals surface area contributed by atoms with E-state index in [-0.39, 0.29) is 11.9 Å². The molecule has 1 aromatic heterocycles. The van der Waals surface area contributed by atoms with E-state index in [9.17, 15) is 4.79 Å². The van der Waals surface area contributed by atoms with E-state index >= 15 is 0 Å². The minimum absolute atomic E-state index is 0.0534. The van der Waals surface area contributed by atoms with Crippen molar-refractivity contribution in [1.82, 2.24) is 14.8 Å². The predicted octanol–water partition coefficient (Wildman–Crippen LogP) is -0.0481. The van der Waals surface area contributed by atoms with Crippen molar-refractivity contribution in [3.05, 3.63) is 17.8 Å². The Kier molecular flexibility index (Phi) is 3.98. The zero-order valence-electron chi connectivity index (χ0n) is 10.9. The number of hydrogen-bond donors (Lipinski definition) is 1. The second kappa shape index (κ2) is 5.49. The van der Waals surface area contributed by atoms with Gasteiger partial charge in [0, 0.05) is 32.6 Å². The highest BCUT2D eigenvalue weighted by Crippen LogP contribution is 2.15. The van der Waals surface area contributed by atoms with Gasteiger partial charge in [-0.15, -0.1) is 0 Å². The van der Waals surface area contributed by atoms with Crippen molar-refractivity contribution in [1.29, 1.82) is 0 Å². The third kappa shape index (κ3) is 2.39. The monoisotopic (exact) mass is 252 g/mol. The van der Waals surface area contributed by atoms with E-state index in [4.69, 9.17) is 10.2 Å². The molecule has 0 saturated carbocycles. The molecule has 0 bridgehead atoms. The van der Waals surface area contributed by atoms with Crippen molar-refractivity contribution in [2.75, 3.05) is 33.2 Å². The minimum Gasteiger partial charge on any atom is -0.448 e. The molecule has 6 heteroatoms. The molecule has 1 aliphatic rings. The molecule has 2 rings (SSSR count). The Hall–Kier alpha value is -1.40. The van der Waals surface area contributed by atoms with Gasteiger partial charge in [-0.2, -0.15) is 0 Å². The fourth-order valence-electron chi connectivity index (χ4n) is 2.31. The summed E-state index contributed by atoms with van der Waals surface area (Å²) in [7, 11) is 2.04. The molecule has 1 aliphatic heterocycles. The normalized spacial score (nSPS) is 21.3. The Morgan fingerprint density at radius 3 is 3.06 bits per heavy atom. The standard InChI is InChI=1S/C12H20N4O2/c1-3-10-11(14-8-18-10)12(17)16-5-4-15(2)7-9(16)6-13/h8-9H,3-7,13H2,1-2H3/t9-/m1/s1. The van der Waals surface area contributed by atoms with E-state index in [2.05, 4.69) is 9.88 Å². The number of oxazole rings is 1. The van der Waals surface area contributed by atoms with Crippen LogP contribution in [0.25, 0.3) is 0 Å². The fourth-order valence-corrected chi connectivity index (χ4v) is 2.31. The molecule has 0 radical (unpaired) electrons. The topological polar surface area (TPSA) is 75.6 Å². The summed E-state index contributed by atoms with van der Waals surface area (Å²) in [6.07, 6.45) is 2.00. The van der Waals surface area contributed by atoms with Crippen molar-refractivity contribution >= 4 is 5.91 Å². The molecule has 0 unspecified atom stereocenters. The van der Waals surface area contributed by atoms with E-state index < -0.39 is 0 Å². The summed E-state index contributed by atoms with van der Waals surface area (Å²) in [6, 6.07) is 0.0534. The Balaban J connectivity index is 2.17. The number of aryl methyl sites for hydroxylation is 1. The summed E-state index contributed by atoms with van der Waals surface area (Å²) in [5.74, 6) is 0.582. The molecule has 1 fully saturated rings. The van der Waals surface area contributed by atoms with Crippen LogP contribution in [0, 0.1) is 0 Å². The van der Waals surface area contributed by atoms with Crippen LogP contribution in [0.5, 0.6) is 0 Å². The molecular formula is C12H20N4O2. The maximum absolute atomic E-state index is 12.4. The van der Waals surface area contributed by atoms with Gasteiger partial charge in [0.25, 0.3) is 5.91 Å². The van der Waals surface area contributed by atoms with Gasteiger partial charge in [0.05, 0.1) is 6.04 Å². The third-order valence-electron chi connectivity index (χ3n) is 3.38. The van der Waals surface area contributed by atoms with Gasteiger partial charge in [-0.05, 0) is 7.05 Å². The fraction of sp³-hybridized carbons (Fsp3) is 0.667. The quantitative estimate of drug-likeness (QED) is 0.816. The van der Waals surface area contributed by atoms with Gasteiger partial charge in [-0.1, -0.05) is 6.92 Å². The zero-order chi connectivity index (χ0) is 13.1. The van der Waals surface area contributed by atoms with Crippen LogP contribution in [0.4, 0.5) is 0 Å². The second-order valence-electron chi connectivity index (χ2n) is 4.63. The first-order chi connectivity index (χ1) is 8.67. The van der Waals surface area contributed by atoms with Crippen molar-refractivity contribution in [3.8, 4) is 0 Å². The minimum atomic E-state index is -0.0656. The lowest BCUT2D eigenvalue weighted by Gasteiger charge is -2.39. The molecule has 6 nitrogen and oxygen atoms in total. The lowest BCUT2D eigenvalue weighted by molar-refractivity contribution is 0.0509.